The van der Waals surface area contributed by atoms with Crippen LogP contribution in [-0.2, 0) is 0 Å². The summed E-state index contributed by atoms with van der Waals surface area (Å²) in [6.07, 6.45) is 2.34. The minimum absolute atomic E-state index is 0.0249. The summed E-state index contributed by atoms with van der Waals surface area (Å²) in [6, 6.07) is 0.170. The van der Waals surface area contributed by atoms with Gasteiger partial charge in [-0.25, -0.2) is 0 Å². The molecule has 0 aromatic rings. The first-order valence-corrected chi connectivity index (χ1v) is 5.69. The summed E-state index contributed by atoms with van der Waals surface area (Å²) in [6.45, 7) is -0.286. The zero-order valence-electron chi connectivity index (χ0n) is 9.08. The standard InChI is InChI=1S/C11H17F3N2/c12-11(13,14)7-16(10-3-4-10)6-8-1-2-9(15)5-8/h1-2,8-10H,3-7,15H2. The van der Waals surface area contributed by atoms with Gasteiger partial charge in [0.2, 0.25) is 0 Å². The Kier molecular flexibility index (Phi) is 3.26. The van der Waals surface area contributed by atoms with Gasteiger partial charge in [-0.3, -0.25) is 4.90 Å². The molecule has 0 bridgehead atoms. The Hall–Kier alpha value is -0.550. The van der Waals surface area contributed by atoms with E-state index in [9.17, 15) is 13.2 Å². The molecule has 0 amide bonds. The van der Waals surface area contributed by atoms with Gasteiger partial charge >= 0.3 is 6.18 Å². The Morgan fingerprint density at radius 1 is 1.25 bits per heavy atom. The Morgan fingerprint density at radius 2 is 1.94 bits per heavy atom. The second kappa shape index (κ2) is 4.37. The lowest BCUT2D eigenvalue weighted by molar-refractivity contribution is -0.148. The van der Waals surface area contributed by atoms with Gasteiger partial charge in [0, 0.05) is 18.6 Å². The molecule has 92 valence electrons. The molecule has 2 unspecified atom stereocenters. The normalized spacial score (nSPS) is 30.3. The fourth-order valence-corrected chi connectivity index (χ4v) is 2.26. The van der Waals surface area contributed by atoms with Gasteiger partial charge in [0.1, 0.15) is 0 Å². The maximum atomic E-state index is 12.4. The molecule has 0 spiro atoms. The summed E-state index contributed by atoms with van der Waals surface area (Å²) in [4.78, 5) is 1.56. The number of hydrogen-bond acceptors (Lipinski definition) is 2. The van der Waals surface area contributed by atoms with Crippen LogP contribution in [0.25, 0.3) is 0 Å². The molecule has 0 heterocycles. The van der Waals surface area contributed by atoms with Crippen LogP contribution in [0.1, 0.15) is 19.3 Å². The topological polar surface area (TPSA) is 29.3 Å². The van der Waals surface area contributed by atoms with E-state index < -0.39 is 12.7 Å². The fraction of sp³-hybridized carbons (Fsp3) is 0.818. The Balaban J connectivity index is 1.86. The summed E-state index contributed by atoms with van der Waals surface area (Å²) in [5.41, 5.74) is 5.69. The van der Waals surface area contributed by atoms with Crippen LogP contribution in [0.5, 0.6) is 0 Å². The molecule has 16 heavy (non-hydrogen) atoms. The molecule has 2 aliphatic carbocycles. The van der Waals surface area contributed by atoms with Crippen LogP contribution in [-0.4, -0.2) is 36.2 Å². The largest absolute Gasteiger partial charge is 0.401 e. The van der Waals surface area contributed by atoms with Gasteiger partial charge in [-0.1, -0.05) is 12.2 Å². The summed E-state index contributed by atoms with van der Waals surface area (Å²) in [5, 5.41) is 0. The zero-order valence-corrected chi connectivity index (χ0v) is 9.08. The molecule has 0 aromatic heterocycles. The van der Waals surface area contributed by atoms with Crippen LogP contribution in [0.15, 0.2) is 12.2 Å². The maximum absolute atomic E-state index is 12.4. The Morgan fingerprint density at radius 3 is 2.38 bits per heavy atom. The van der Waals surface area contributed by atoms with Gasteiger partial charge in [-0.15, -0.1) is 0 Å². The van der Waals surface area contributed by atoms with Crippen molar-refractivity contribution < 1.29 is 13.2 Å². The van der Waals surface area contributed by atoms with E-state index in [-0.39, 0.29) is 18.0 Å². The van der Waals surface area contributed by atoms with Crippen molar-refractivity contribution in [1.29, 1.82) is 0 Å². The molecule has 0 aliphatic heterocycles. The summed E-state index contributed by atoms with van der Waals surface area (Å²) in [7, 11) is 0. The predicted molar refractivity (Wildman–Crippen MR) is 55.9 cm³/mol. The first-order valence-electron chi connectivity index (χ1n) is 5.69. The highest BCUT2D eigenvalue weighted by atomic mass is 19.4. The van der Waals surface area contributed by atoms with Crippen molar-refractivity contribution in [3.63, 3.8) is 0 Å². The molecule has 0 saturated heterocycles. The van der Waals surface area contributed by atoms with E-state index in [0.29, 0.717) is 6.54 Å². The molecule has 2 N–H and O–H groups in total. The van der Waals surface area contributed by atoms with Gasteiger partial charge in [0.05, 0.1) is 6.54 Å². The van der Waals surface area contributed by atoms with Crippen molar-refractivity contribution in [3.8, 4) is 0 Å². The van der Waals surface area contributed by atoms with Gasteiger partial charge in [0.25, 0.3) is 0 Å². The summed E-state index contributed by atoms with van der Waals surface area (Å²) < 4.78 is 37.1. The van der Waals surface area contributed by atoms with E-state index in [0.717, 1.165) is 19.3 Å². The van der Waals surface area contributed by atoms with Crippen LogP contribution in [0, 0.1) is 5.92 Å². The van der Waals surface area contributed by atoms with Crippen molar-refractivity contribution >= 4 is 0 Å². The molecular weight excluding hydrogens is 217 g/mol. The van der Waals surface area contributed by atoms with Gasteiger partial charge in [-0.05, 0) is 25.2 Å². The Labute approximate surface area is 93.3 Å². The molecule has 2 aliphatic rings. The maximum Gasteiger partial charge on any atom is 0.401 e. The van der Waals surface area contributed by atoms with Crippen LogP contribution < -0.4 is 5.73 Å². The second-order valence-electron chi connectivity index (χ2n) is 4.82. The summed E-state index contributed by atoms with van der Waals surface area (Å²) in [5.74, 6) is 0.193. The van der Waals surface area contributed by atoms with E-state index in [2.05, 4.69) is 0 Å². The monoisotopic (exact) mass is 234 g/mol. The average molecular weight is 234 g/mol. The van der Waals surface area contributed by atoms with Gasteiger partial charge in [0.15, 0.2) is 0 Å². The number of halogens is 3. The SMILES string of the molecule is NC1C=CC(CN(CC(F)(F)F)C2CC2)C1. The molecule has 2 nitrogen and oxygen atoms in total. The van der Waals surface area contributed by atoms with Crippen LogP contribution >= 0.6 is 0 Å². The first kappa shape index (κ1) is 11.9. The van der Waals surface area contributed by atoms with Crippen molar-refractivity contribution in [1.82, 2.24) is 4.90 Å². The molecule has 0 radical (unpaired) electrons. The van der Waals surface area contributed by atoms with Crippen molar-refractivity contribution in [2.24, 2.45) is 11.7 Å². The molecule has 2 atom stereocenters. The van der Waals surface area contributed by atoms with Crippen molar-refractivity contribution in [3.05, 3.63) is 12.2 Å². The number of nitrogens with two attached hydrogens (primary N) is 1. The van der Waals surface area contributed by atoms with Gasteiger partial charge in [-0.2, -0.15) is 13.2 Å². The third-order valence-corrected chi connectivity index (χ3v) is 3.12. The number of alkyl halides is 3. The van der Waals surface area contributed by atoms with Crippen LogP contribution in [0.3, 0.4) is 0 Å². The minimum Gasteiger partial charge on any atom is -0.324 e. The van der Waals surface area contributed by atoms with Crippen LogP contribution in [0.2, 0.25) is 0 Å². The molecule has 5 heteroatoms. The predicted octanol–water partition coefficient (Wildman–Crippen LogP) is 1.92. The fourth-order valence-electron chi connectivity index (χ4n) is 2.26. The molecule has 2 rings (SSSR count). The lowest BCUT2D eigenvalue weighted by atomic mass is 10.1. The molecule has 1 saturated carbocycles. The molecule has 0 aromatic carbocycles. The van der Waals surface area contributed by atoms with E-state index in [1.165, 1.54) is 0 Å². The number of rotatable bonds is 4. The highest BCUT2D eigenvalue weighted by Crippen LogP contribution is 2.32. The number of nitrogens with zero attached hydrogens (tertiary/aromatic N) is 1. The van der Waals surface area contributed by atoms with E-state index in [1.54, 1.807) is 4.90 Å². The van der Waals surface area contributed by atoms with Crippen molar-refractivity contribution in [2.45, 2.75) is 37.5 Å². The van der Waals surface area contributed by atoms with E-state index in [4.69, 9.17) is 5.73 Å². The number of hydrogen-bond donors (Lipinski definition) is 1. The van der Waals surface area contributed by atoms with E-state index >= 15 is 0 Å². The first-order chi connectivity index (χ1) is 7.44. The molecular formula is C11H17F3N2. The minimum atomic E-state index is -4.09. The highest BCUT2D eigenvalue weighted by Gasteiger charge is 2.38. The van der Waals surface area contributed by atoms with E-state index in [1.807, 2.05) is 12.2 Å². The average Bonchev–Trinajstić information content (AvgIpc) is 2.89. The summed E-state index contributed by atoms with van der Waals surface area (Å²) >= 11 is 0. The molecule has 1 fully saturated rings. The zero-order chi connectivity index (χ0) is 11.8. The van der Waals surface area contributed by atoms with Gasteiger partial charge < -0.3 is 5.73 Å². The second-order valence-corrected chi connectivity index (χ2v) is 4.82. The smallest absolute Gasteiger partial charge is 0.324 e. The third kappa shape index (κ3) is 3.49. The van der Waals surface area contributed by atoms with Crippen molar-refractivity contribution in [2.75, 3.05) is 13.1 Å². The third-order valence-electron chi connectivity index (χ3n) is 3.12. The quantitative estimate of drug-likeness (QED) is 0.753. The Bertz CT molecular complexity index is 271. The van der Waals surface area contributed by atoms with Crippen LogP contribution in [0.4, 0.5) is 13.2 Å². The highest BCUT2D eigenvalue weighted by molar-refractivity contribution is 5.06. The lowest BCUT2D eigenvalue weighted by Gasteiger charge is -2.26. The lowest BCUT2D eigenvalue weighted by Crippen LogP contribution is -2.39.